The molecule has 1 saturated heterocycles. The number of phenolic OH excluding ortho intramolecular Hbond substituents is 1. The largest absolute Gasteiger partial charge is 0.508 e. The Labute approximate surface area is 78.6 Å². The molecule has 13 heavy (non-hydrogen) atoms. The second-order valence-corrected chi connectivity index (χ2v) is 4.26. The van der Waals surface area contributed by atoms with Gasteiger partial charge in [0.2, 0.25) is 0 Å². The van der Waals surface area contributed by atoms with Crippen molar-refractivity contribution in [2.24, 2.45) is 5.41 Å². The number of hydrogen-bond donors (Lipinski definition) is 2. The van der Waals surface area contributed by atoms with Gasteiger partial charge in [-0.1, -0.05) is 19.1 Å². The first-order chi connectivity index (χ1) is 6.18. The molecule has 1 aliphatic heterocycles. The summed E-state index contributed by atoms with van der Waals surface area (Å²) in [5.74, 6) is 0.348. The van der Waals surface area contributed by atoms with Crippen molar-refractivity contribution < 1.29 is 5.11 Å². The van der Waals surface area contributed by atoms with Gasteiger partial charge >= 0.3 is 0 Å². The first-order valence-electron chi connectivity index (χ1n) is 4.67. The minimum atomic E-state index is 0.348. The minimum Gasteiger partial charge on any atom is -0.508 e. The average Bonchev–Trinajstić information content (AvgIpc) is 2.06. The van der Waals surface area contributed by atoms with Crippen molar-refractivity contribution in [1.82, 2.24) is 5.32 Å². The normalized spacial score (nSPS) is 19.5. The molecule has 1 fully saturated rings. The lowest BCUT2D eigenvalue weighted by atomic mass is 9.78. The molecule has 0 aliphatic carbocycles. The first-order valence-corrected chi connectivity index (χ1v) is 4.67. The summed E-state index contributed by atoms with van der Waals surface area (Å²) in [6.07, 6.45) is 1.10. The van der Waals surface area contributed by atoms with Crippen molar-refractivity contribution in [2.75, 3.05) is 13.1 Å². The molecule has 0 radical (unpaired) electrons. The van der Waals surface area contributed by atoms with E-state index in [1.165, 1.54) is 5.56 Å². The number of aromatic hydroxyl groups is 1. The molecular weight excluding hydrogens is 162 g/mol. The SMILES string of the molecule is CC1(Cc2ccc(O)cc2)CNC1. The van der Waals surface area contributed by atoms with Gasteiger partial charge in [0.15, 0.2) is 0 Å². The quantitative estimate of drug-likeness (QED) is 0.718. The van der Waals surface area contributed by atoms with E-state index in [0.29, 0.717) is 11.2 Å². The topological polar surface area (TPSA) is 32.3 Å². The fourth-order valence-corrected chi connectivity index (χ4v) is 1.78. The zero-order valence-electron chi connectivity index (χ0n) is 7.88. The van der Waals surface area contributed by atoms with E-state index in [-0.39, 0.29) is 0 Å². The molecule has 1 aliphatic rings. The van der Waals surface area contributed by atoms with Crippen molar-refractivity contribution in [1.29, 1.82) is 0 Å². The molecular formula is C11H15NO. The maximum atomic E-state index is 9.11. The van der Waals surface area contributed by atoms with Crippen LogP contribution in [0.5, 0.6) is 5.75 Å². The maximum Gasteiger partial charge on any atom is 0.115 e. The third-order valence-corrected chi connectivity index (χ3v) is 2.67. The van der Waals surface area contributed by atoms with Crippen molar-refractivity contribution in [3.05, 3.63) is 29.8 Å². The molecule has 1 heterocycles. The van der Waals surface area contributed by atoms with Gasteiger partial charge in [0.1, 0.15) is 5.75 Å². The van der Waals surface area contributed by atoms with Gasteiger partial charge in [0, 0.05) is 13.1 Å². The third-order valence-electron chi connectivity index (χ3n) is 2.67. The molecule has 2 heteroatoms. The number of nitrogens with one attached hydrogen (secondary N) is 1. The average molecular weight is 177 g/mol. The highest BCUT2D eigenvalue weighted by molar-refractivity contribution is 5.27. The molecule has 0 spiro atoms. The first kappa shape index (κ1) is 8.57. The van der Waals surface area contributed by atoms with Crippen LogP contribution in [0.2, 0.25) is 0 Å². The molecule has 0 amide bonds. The van der Waals surface area contributed by atoms with Crippen LogP contribution in [0, 0.1) is 5.41 Å². The second-order valence-electron chi connectivity index (χ2n) is 4.26. The van der Waals surface area contributed by atoms with Crippen LogP contribution in [0.1, 0.15) is 12.5 Å². The Morgan fingerprint density at radius 2 is 1.92 bits per heavy atom. The highest BCUT2D eigenvalue weighted by atomic mass is 16.3. The molecule has 0 unspecified atom stereocenters. The van der Waals surface area contributed by atoms with E-state index < -0.39 is 0 Å². The number of benzene rings is 1. The van der Waals surface area contributed by atoms with Gasteiger partial charge < -0.3 is 10.4 Å². The predicted molar refractivity (Wildman–Crippen MR) is 52.8 cm³/mol. The molecule has 2 N–H and O–H groups in total. The number of phenols is 1. The van der Waals surface area contributed by atoms with Crippen molar-refractivity contribution in [2.45, 2.75) is 13.3 Å². The second kappa shape index (κ2) is 3.04. The highest BCUT2D eigenvalue weighted by Crippen LogP contribution is 2.27. The Balaban J connectivity index is 2.05. The Kier molecular flexibility index (Phi) is 2.00. The molecule has 70 valence electrons. The molecule has 1 aromatic carbocycles. The van der Waals surface area contributed by atoms with Gasteiger partial charge in [-0.3, -0.25) is 0 Å². The summed E-state index contributed by atoms with van der Waals surface area (Å²) < 4.78 is 0. The zero-order chi connectivity index (χ0) is 9.31. The van der Waals surface area contributed by atoms with E-state index in [1.807, 2.05) is 12.1 Å². The standard InChI is InChI=1S/C11H15NO/c1-11(7-12-8-11)6-9-2-4-10(13)5-3-9/h2-5,12-13H,6-8H2,1H3. The van der Waals surface area contributed by atoms with E-state index >= 15 is 0 Å². The molecule has 0 bridgehead atoms. The van der Waals surface area contributed by atoms with Gasteiger partial charge in [-0.2, -0.15) is 0 Å². The van der Waals surface area contributed by atoms with E-state index in [1.54, 1.807) is 12.1 Å². The maximum absolute atomic E-state index is 9.11. The van der Waals surface area contributed by atoms with Gasteiger partial charge in [-0.25, -0.2) is 0 Å². The van der Waals surface area contributed by atoms with Crippen molar-refractivity contribution >= 4 is 0 Å². The van der Waals surface area contributed by atoms with Crippen LogP contribution >= 0.6 is 0 Å². The summed E-state index contributed by atoms with van der Waals surface area (Å²) >= 11 is 0. The summed E-state index contributed by atoms with van der Waals surface area (Å²) in [6, 6.07) is 7.51. The van der Waals surface area contributed by atoms with Gasteiger partial charge in [0.05, 0.1) is 0 Å². The lowest BCUT2D eigenvalue weighted by Gasteiger charge is -2.39. The Hall–Kier alpha value is -1.02. The molecule has 0 aromatic heterocycles. The predicted octanol–water partition coefficient (Wildman–Crippen LogP) is 1.54. The molecule has 2 nitrogen and oxygen atoms in total. The van der Waals surface area contributed by atoms with Crippen LogP contribution in [0.4, 0.5) is 0 Å². The monoisotopic (exact) mass is 177 g/mol. The molecule has 0 saturated carbocycles. The summed E-state index contributed by atoms with van der Waals surface area (Å²) in [6.45, 7) is 4.50. The van der Waals surface area contributed by atoms with Crippen LogP contribution < -0.4 is 5.32 Å². The summed E-state index contributed by atoms with van der Waals surface area (Å²) in [7, 11) is 0. The summed E-state index contributed by atoms with van der Waals surface area (Å²) in [5, 5.41) is 12.4. The Bertz CT molecular complexity index is 287. The van der Waals surface area contributed by atoms with Gasteiger partial charge in [-0.15, -0.1) is 0 Å². The fraction of sp³-hybridized carbons (Fsp3) is 0.455. The molecule has 2 rings (SSSR count). The highest BCUT2D eigenvalue weighted by Gasteiger charge is 2.31. The summed E-state index contributed by atoms with van der Waals surface area (Å²) in [5.41, 5.74) is 1.73. The molecule has 1 aromatic rings. The van der Waals surface area contributed by atoms with Crippen LogP contribution in [0.3, 0.4) is 0 Å². The Morgan fingerprint density at radius 1 is 1.31 bits per heavy atom. The minimum absolute atomic E-state index is 0.348. The van der Waals surface area contributed by atoms with Crippen LogP contribution in [0.25, 0.3) is 0 Å². The van der Waals surface area contributed by atoms with E-state index in [9.17, 15) is 0 Å². The zero-order valence-corrected chi connectivity index (χ0v) is 7.88. The fourth-order valence-electron chi connectivity index (χ4n) is 1.78. The van der Waals surface area contributed by atoms with Gasteiger partial charge in [-0.05, 0) is 29.5 Å². The molecule has 0 atom stereocenters. The van der Waals surface area contributed by atoms with E-state index in [0.717, 1.165) is 19.5 Å². The Morgan fingerprint density at radius 3 is 2.38 bits per heavy atom. The third kappa shape index (κ3) is 1.83. The smallest absolute Gasteiger partial charge is 0.115 e. The van der Waals surface area contributed by atoms with E-state index in [4.69, 9.17) is 5.11 Å². The van der Waals surface area contributed by atoms with Crippen molar-refractivity contribution in [3.8, 4) is 5.75 Å². The van der Waals surface area contributed by atoms with Crippen LogP contribution in [0.15, 0.2) is 24.3 Å². The lowest BCUT2D eigenvalue weighted by molar-refractivity contribution is 0.195. The lowest BCUT2D eigenvalue weighted by Crippen LogP contribution is -2.52. The van der Waals surface area contributed by atoms with Crippen molar-refractivity contribution in [3.63, 3.8) is 0 Å². The summed E-state index contributed by atoms with van der Waals surface area (Å²) in [4.78, 5) is 0. The van der Waals surface area contributed by atoms with Gasteiger partial charge in [0.25, 0.3) is 0 Å². The van der Waals surface area contributed by atoms with Crippen LogP contribution in [-0.4, -0.2) is 18.2 Å². The van der Waals surface area contributed by atoms with Crippen LogP contribution in [-0.2, 0) is 6.42 Å². The number of hydrogen-bond acceptors (Lipinski definition) is 2. The van der Waals surface area contributed by atoms with E-state index in [2.05, 4.69) is 12.2 Å². The number of rotatable bonds is 2.